The van der Waals surface area contributed by atoms with E-state index in [1.807, 2.05) is 31.7 Å². The van der Waals surface area contributed by atoms with Crippen molar-refractivity contribution >= 4 is 44.0 Å². The molecule has 5 nitrogen and oxygen atoms in total. The number of thiazole rings is 1. The first-order chi connectivity index (χ1) is 13.4. The zero-order valence-electron chi connectivity index (χ0n) is 16.7. The number of anilines is 1. The smallest absolute Gasteiger partial charge is 0.410 e. The fourth-order valence-corrected chi connectivity index (χ4v) is 5.82. The molecule has 0 radical (unpaired) electrons. The maximum Gasteiger partial charge on any atom is 0.410 e. The number of nitrogens with one attached hydrogen (secondary N) is 1. The fraction of sp³-hybridized carbons (Fsp3) is 0.429. The molecule has 1 aromatic carbocycles. The number of aromatic nitrogens is 1. The molecule has 148 valence electrons. The van der Waals surface area contributed by atoms with Gasteiger partial charge in [0.1, 0.15) is 10.6 Å². The highest BCUT2D eigenvalue weighted by Crippen LogP contribution is 2.45. The Kier molecular flexibility index (Phi) is 5.05. The monoisotopic (exact) mass is 415 g/mol. The molecule has 28 heavy (non-hydrogen) atoms. The maximum absolute atomic E-state index is 12.5. The maximum atomic E-state index is 12.5. The van der Waals surface area contributed by atoms with E-state index in [1.165, 1.54) is 20.7 Å². The second-order valence-corrected chi connectivity index (χ2v) is 10.0. The van der Waals surface area contributed by atoms with Gasteiger partial charge in [0.05, 0.1) is 21.8 Å². The summed E-state index contributed by atoms with van der Waals surface area (Å²) < 4.78 is 6.77. The third-order valence-electron chi connectivity index (χ3n) is 4.55. The number of hydrogen-bond acceptors (Lipinski definition) is 6. The van der Waals surface area contributed by atoms with Crippen LogP contribution in [0.15, 0.2) is 24.3 Å². The summed E-state index contributed by atoms with van der Waals surface area (Å²) in [6.45, 7) is 9.93. The Hall–Kier alpha value is -2.12. The lowest BCUT2D eigenvalue weighted by Crippen LogP contribution is -2.39. The Balaban J connectivity index is 1.69. The van der Waals surface area contributed by atoms with Crippen LogP contribution in [0.4, 0.5) is 9.80 Å². The van der Waals surface area contributed by atoms with Crippen molar-refractivity contribution in [2.24, 2.45) is 0 Å². The Morgan fingerprint density at radius 1 is 1.29 bits per heavy atom. The zero-order chi connectivity index (χ0) is 19.9. The van der Waals surface area contributed by atoms with Crippen molar-refractivity contribution in [2.75, 3.05) is 18.4 Å². The van der Waals surface area contributed by atoms with Crippen LogP contribution in [0, 0.1) is 0 Å². The van der Waals surface area contributed by atoms with Crippen molar-refractivity contribution < 1.29 is 9.53 Å². The molecule has 2 aromatic heterocycles. The number of amides is 1. The Bertz CT molecular complexity index is 983. The summed E-state index contributed by atoms with van der Waals surface area (Å²) in [4.78, 5) is 20.4. The molecule has 1 aliphatic heterocycles. The molecule has 0 saturated carbocycles. The first kappa shape index (κ1) is 19.2. The van der Waals surface area contributed by atoms with Gasteiger partial charge in [-0.25, -0.2) is 9.78 Å². The summed E-state index contributed by atoms with van der Waals surface area (Å²) in [6, 6.07) is 8.26. The van der Waals surface area contributed by atoms with E-state index in [-0.39, 0.29) is 6.09 Å². The van der Waals surface area contributed by atoms with Crippen LogP contribution >= 0.6 is 22.7 Å². The molecular weight excluding hydrogens is 390 g/mol. The number of nitrogens with zero attached hydrogens (tertiary/aromatic N) is 2. The van der Waals surface area contributed by atoms with Gasteiger partial charge in [-0.05, 0) is 51.8 Å². The van der Waals surface area contributed by atoms with Gasteiger partial charge >= 0.3 is 6.09 Å². The molecule has 1 N–H and O–H groups in total. The molecule has 0 atom stereocenters. The van der Waals surface area contributed by atoms with E-state index in [0.717, 1.165) is 28.5 Å². The number of thiophene rings is 1. The number of fused-ring (bicyclic) bond motifs is 2. The minimum atomic E-state index is -0.478. The van der Waals surface area contributed by atoms with E-state index in [9.17, 15) is 4.79 Å². The van der Waals surface area contributed by atoms with Crippen molar-refractivity contribution in [3.05, 3.63) is 34.7 Å². The van der Waals surface area contributed by atoms with Crippen LogP contribution in [-0.4, -0.2) is 34.7 Å². The number of benzene rings is 1. The number of para-hydroxylation sites is 1. The average molecular weight is 416 g/mol. The van der Waals surface area contributed by atoms with Crippen molar-refractivity contribution in [3.8, 4) is 10.6 Å². The molecule has 0 fully saturated rings. The highest BCUT2D eigenvalue weighted by atomic mass is 32.1. The topological polar surface area (TPSA) is 54.5 Å². The summed E-state index contributed by atoms with van der Waals surface area (Å²) in [5.74, 6) is 0. The molecule has 3 heterocycles. The lowest BCUT2D eigenvalue weighted by molar-refractivity contribution is 0.0227. The molecule has 0 bridgehead atoms. The summed E-state index contributed by atoms with van der Waals surface area (Å²) in [7, 11) is 0. The van der Waals surface area contributed by atoms with Crippen LogP contribution in [0.25, 0.3) is 20.8 Å². The van der Waals surface area contributed by atoms with Gasteiger partial charge in [-0.3, -0.25) is 0 Å². The van der Waals surface area contributed by atoms with Crippen LogP contribution in [-0.2, 0) is 17.7 Å². The molecular formula is C21H25N3O2S2. The van der Waals surface area contributed by atoms with Gasteiger partial charge in [0, 0.05) is 23.5 Å². The summed E-state index contributed by atoms with van der Waals surface area (Å²) in [5, 5.41) is 5.72. The number of carbonyl (C=O) groups excluding carboxylic acids is 1. The molecule has 0 aliphatic carbocycles. The van der Waals surface area contributed by atoms with Gasteiger partial charge in [-0.1, -0.05) is 12.1 Å². The molecule has 0 spiro atoms. The third-order valence-corrected chi connectivity index (χ3v) is 6.78. The largest absolute Gasteiger partial charge is 0.444 e. The number of hydrogen-bond donors (Lipinski definition) is 1. The van der Waals surface area contributed by atoms with Gasteiger partial charge in [0.15, 0.2) is 0 Å². The molecule has 0 saturated heterocycles. The molecule has 0 unspecified atom stereocenters. The predicted molar refractivity (Wildman–Crippen MR) is 117 cm³/mol. The van der Waals surface area contributed by atoms with Gasteiger partial charge in [-0.15, -0.1) is 22.7 Å². The molecule has 3 aromatic rings. The second kappa shape index (κ2) is 7.37. The van der Waals surface area contributed by atoms with Crippen molar-refractivity contribution in [1.29, 1.82) is 0 Å². The number of rotatable bonds is 3. The molecule has 7 heteroatoms. The Morgan fingerprint density at radius 3 is 2.79 bits per heavy atom. The quantitative estimate of drug-likeness (QED) is 0.592. The van der Waals surface area contributed by atoms with E-state index >= 15 is 0 Å². The van der Waals surface area contributed by atoms with Crippen molar-refractivity contribution in [1.82, 2.24) is 9.88 Å². The van der Waals surface area contributed by atoms with Crippen LogP contribution in [0.5, 0.6) is 0 Å². The van der Waals surface area contributed by atoms with E-state index < -0.39 is 5.60 Å². The van der Waals surface area contributed by atoms with Gasteiger partial charge in [-0.2, -0.15) is 0 Å². The van der Waals surface area contributed by atoms with Crippen LogP contribution < -0.4 is 5.32 Å². The van der Waals surface area contributed by atoms with Gasteiger partial charge < -0.3 is 15.0 Å². The van der Waals surface area contributed by atoms with Crippen LogP contribution in [0.3, 0.4) is 0 Å². The number of carbonyl (C=O) groups is 1. The van der Waals surface area contributed by atoms with E-state index in [1.54, 1.807) is 22.7 Å². The molecule has 4 rings (SSSR count). The van der Waals surface area contributed by atoms with E-state index in [2.05, 4.69) is 30.4 Å². The van der Waals surface area contributed by atoms with Crippen LogP contribution in [0.1, 0.15) is 38.1 Å². The van der Waals surface area contributed by atoms with Crippen LogP contribution in [0.2, 0.25) is 0 Å². The first-order valence-corrected chi connectivity index (χ1v) is 11.2. The lowest BCUT2D eigenvalue weighted by Gasteiger charge is -2.30. The van der Waals surface area contributed by atoms with Gasteiger partial charge in [0.25, 0.3) is 0 Å². The average Bonchev–Trinajstić information content (AvgIpc) is 3.20. The Morgan fingerprint density at radius 2 is 2.07 bits per heavy atom. The summed E-state index contributed by atoms with van der Waals surface area (Å²) in [6.07, 6.45) is 0.583. The van der Waals surface area contributed by atoms with E-state index in [4.69, 9.17) is 9.72 Å². The highest BCUT2D eigenvalue weighted by Gasteiger charge is 2.30. The van der Waals surface area contributed by atoms with Crippen molar-refractivity contribution in [3.63, 3.8) is 0 Å². The standard InChI is InChI=1S/C21H25N3O2S2/c1-5-22-18-17(19-23-14-8-6-7-9-15(14)27-19)13-10-11-24(12-16(13)28-18)20(25)26-21(2,3)4/h6-9,22H,5,10-12H2,1-4H3. The highest BCUT2D eigenvalue weighted by molar-refractivity contribution is 7.22. The minimum Gasteiger partial charge on any atom is -0.444 e. The first-order valence-electron chi connectivity index (χ1n) is 9.58. The Labute approximate surface area is 173 Å². The van der Waals surface area contributed by atoms with Gasteiger partial charge in [0.2, 0.25) is 0 Å². The third kappa shape index (κ3) is 3.73. The summed E-state index contributed by atoms with van der Waals surface area (Å²) in [5.41, 5.74) is 3.09. The number of ether oxygens (including phenoxy) is 1. The zero-order valence-corrected chi connectivity index (χ0v) is 18.3. The lowest BCUT2D eigenvalue weighted by atomic mass is 10.0. The summed E-state index contributed by atoms with van der Waals surface area (Å²) >= 11 is 3.47. The molecule has 1 amide bonds. The second-order valence-electron chi connectivity index (χ2n) is 7.88. The fourth-order valence-electron chi connectivity index (χ4n) is 3.38. The minimum absolute atomic E-state index is 0.238. The normalized spacial score (nSPS) is 14.2. The van der Waals surface area contributed by atoms with Crippen molar-refractivity contribution in [2.45, 2.75) is 46.3 Å². The SMILES string of the molecule is CCNc1sc2c(c1-c1nc3ccccc3s1)CCN(C(=O)OC(C)(C)C)C2. The molecule has 1 aliphatic rings. The van der Waals surface area contributed by atoms with E-state index in [0.29, 0.717) is 13.1 Å². The predicted octanol–water partition coefficient (Wildman–Crippen LogP) is 5.75.